The van der Waals surface area contributed by atoms with Crippen LogP contribution in [0.1, 0.15) is 32.9 Å². The maximum absolute atomic E-state index is 12.0. The maximum Gasteiger partial charge on any atom is 0.337 e. The van der Waals surface area contributed by atoms with Gasteiger partial charge in [0.1, 0.15) is 0 Å². The minimum Gasteiger partial charge on any atom is -0.478 e. The summed E-state index contributed by atoms with van der Waals surface area (Å²) in [7, 11) is 0. The van der Waals surface area contributed by atoms with Crippen molar-refractivity contribution in [2.24, 2.45) is 5.10 Å². The Labute approximate surface area is 163 Å². The number of aromatic nitrogens is 1. The molecule has 1 aromatic heterocycles. The number of carboxylic acids is 1. The van der Waals surface area contributed by atoms with Crippen molar-refractivity contribution in [1.82, 2.24) is 9.99 Å². The van der Waals surface area contributed by atoms with Crippen molar-refractivity contribution in [2.75, 3.05) is 0 Å². The molecule has 2 aromatic carbocycles. The zero-order valence-electron chi connectivity index (χ0n) is 15.7. The van der Waals surface area contributed by atoms with E-state index in [-0.39, 0.29) is 17.9 Å². The zero-order chi connectivity index (χ0) is 20.1. The number of nitrogens with zero attached hydrogens (tertiary/aromatic N) is 2. The molecule has 0 radical (unpaired) electrons. The summed E-state index contributed by atoms with van der Waals surface area (Å²) >= 11 is 0. The molecule has 0 atom stereocenters. The highest BCUT2D eigenvalue weighted by molar-refractivity contribution is 5.92. The summed E-state index contributed by atoms with van der Waals surface area (Å²) in [5.41, 5.74) is 6.79. The van der Waals surface area contributed by atoms with Gasteiger partial charge in [-0.2, -0.15) is 5.10 Å². The van der Waals surface area contributed by atoms with E-state index in [9.17, 15) is 14.7 Å². The van der Waals surface area contributed by atoms with Crippen molar-refractivity contribution < 1.29 is 14.7 Å². The predicted octanol–water partition coefficient (Wildman–Crippen LogP) is 3.49. The molecule has 0 saturated carbocycles. The van der Waals surface area contributed by atoms with E-state index >= 15 is 0 Å². The fourth-order valence-corrected chi connectivity index (χ4v) is 3.13. The normalized spacial score (nSPS) is 10.9. The number of amides is 1. The Hall–Kier alpha value is -3.67. The number of nitrogens with one attached hydrogen (secondary N) is 1. The first-order valence-corrected chi connectivity index (χ1v) is 8.85. The lowest BCUT2D eigenvalue weighted by Crippen LogP contribution is -2.19. The number of carboxylic acid groups (broad SMARTS) is 1. The quantitative estimate of drug-likeness (QED) is 0.511. The molecule has 0 fully saturated rings. The number of benzene rings is 2. The average Bonchev–Trinajstić information content (AvgIpc) is 2.96. The molecule has 0 spiro atoms. The van der Waals surface area contributed by atoms with Crippen molar-refractivity contribution in [2.45, 2.75) is 20.3 Å². The lowest BCUT2D eigenvalue weighted by atomic mass is 10.1. The van der Waals surface area contributed by atoms with Crippen LogP contribution in [0.4, 0.5) is 0 Å². The van der Waals surface area contributed by atoms with Crippen molar-refractivity contribution in [1.29, 1.82) is 0 Å². The van der Waals surface area contributed by atoms with Gasteiger partial charge in [-0.15, -0.1) is 0 Å². The van der Waals surface area contributed by atoms with E-state index in [2.05, 4.69) is 10.5 Å². The summed E-state index contributed by atoms with van der Waals surface area (Å²) in [6, 6.07) is 18.2. The zero-order valence-corrected chi connectivity index (χ0v) is 15.7. The van der Waals surface area contributed by atoms with Crippen molar-refractivity contribution in [3.8, 4) is 5.69 Å². The number of hydrogen-bond acceptors (Lipinski definition) is 3. The molecular formula is C22H21N3O3. The van der Waals surface area contributed by atoms with Gasteiger partial charge in [0.25, 0.3) is 0 Å². The molecule has 0 aliphatic rings. The van der Waals surface area contributed by atoms with Crippen LogP contribution in [0.3, 0.4) is 0 Å². The number of rotatable bonds is 6. The molecule has 6 nitrogen and oxygen atoms in total. The van der Waals surface area contributed by atoms with Gasteiger partial charge >= 0.3 is 5.97 Å². The van der Waals surface area contributed by atoms with Gasteiger partial charge in [0.15, 0.2) is 0 Å². The number of hydrazone groups is 1. The summed E-state index contributed by atoms with van der Waals surface area (Å²) in [6.07, 6.45) is 1.83. The molecule has 2 N–H and O–H groups in total. The van der Waals surface area contributed by atoms with Crippen molar-refractivity contribution >= 4 is 18.1 Å². The molecule has 3 rings (SSSR count). The molecule has 0 aliphatic carbocycles. The molecular weight excluding hydrogens is 354 g/mol. The van der Waals surface area contributed by atoms with Gasteiger partial charge in [0, 0.05) is 17.0 Å². The third-order valence-corrected chi connectivity index (χ3v) is 4.45. The number of carbonyl (C=O) groups is 2. The lowest BCUT2D eigenvalue weighted by molar-refractivity contribution is -0.120. The SMILES string of the molecule is Cc1cc(/C=N/NC(=O)Cc2ccccc2)c(C)n1-c1ccccc1C(=O)O. The summed E-state index contributed by atoms with van der Waals surface area (Å²) < 4.78 is 1.87. The van der Waals surface area contributed by atoms with E-state index in [0.29, 0.717) is 5.69 Å². The average molecular weight is 375 g/mol. The molecule has 0 aliphatic heterocycles. The summed E-state index contributed by atoms with van der Waals surface area (Å²) in [4.78, 5) is 23.5. The maximum atomic E-state index is 12.0. The van der Waals surface area contributed by atoms with Gasteiger partial charge in [0.05, 0.1) is 23.9 Å². The van der Waals surface area contributed by atoms with Gasteiger partial charge in [-0.05, 0) is 37.6 Å². The highest BCUT2D eigenvalue weighted by atomic mass is 16.4. The Morgan fingerprint density at radius 3 is 2.46 bits per heavy atom. The van der Waals surface area contributed by atoms with E-state index in [0.717, 1.165) is 22.5 Å². The standard InChI is InChI=1S/C22H21N3O3/c1-15-12-18(14-23-24-21(26)13-17-8-4-3-5-9-17)16(2)25(15)20-11-7-6-10-19(20)22(27)28/h3-12,14H,13H2,1-2H3,(H,24,26)(H,27,28)/b23-14+. The largest absolute Gasteiger partial charge is 0.478 e. The first kappa shape index (κ1) is 19.1. The van der Waals surface area contributed by atoms with Crippen LogP contribution in [-0.4, -0.2) is 27.8 Å². The minimum absolute atomic E-state index is 0.201. The van der Waals surface area contributed by atoms with Crippen molar-refractivity contribution in [3.63, 3.8) is 0 Å². The van der Waals surface area contributed by atoms with Gasteiger partial charge in [-0.25, -0.2) is 10.2 Å². The topological polar surface area (TPSA) is 83.7 Å². The summed E-state index contributed by atoms with van der Waals surface area (Å²) in [5.74, 6) is -1.18. The third kappa shape index (κ3) is 4.17. The molecule has 3 aromatic rings. The lowest BCUT2D eigenvalue weighted by Gasteiger charge is -2.12. The molecule has 1 amide bonds. The number of hydrogen-bond donors (Lipinski definition) is 2. The smallest absolute Gasteiger partial charge is 0.337 e. The Morgan fingerprint density at radius 2 is 1.75 bits per heavy atom. The molecule has 28 heavy (non-hydrogen) atoms. The van der Waals surface area contributed by atoms with Crippen LogP contribution >= 0.6 is 0 Å². The Bertz CT molecular complexity index is 1040. The number of carbonyl (C=O) groups excluding carboxylic acids is 1. The van der Waals surface area contributed by atoms with E-state index in [1.165, 1.54) is 0 Å². The van der Waals surface area contributed by atoms with Gasteiger partial charge in [-0.3, -0.25) is 4.79 Å². The van der Waals surface area contributed by atoms with Gasteiger partial charge in [0.2, 0.25) is 5.91 Å². The van der Waals surface area contributed by atoms with Crippen LogP contribution in [0.5, 0.6) is 0 Å². The Balaban J connectivity index is 1.78. The molecule has 1 heterocycles. The van der Waals surface area contributed by atoms with E-state index < -0.39 is 5.97 Å². The monoisotopic (exact) mass is 375 g/mol. The predicted molar refractivity (Wildman–Crippen MR) is 108 cm³/mol. The molecule has 6 heteroatoms. The van der Waals surface area contributed by atoms with E-state index in [4.69, 9.17) is 0 Å². The highest BCUT2D eigenvalue weighted by Crippen LogP contribution is 2.22. The number of aromatic carboxylic acids is 1. The second-order valence-electron chi connectivity index (χ2n) is 6.44. The van der Waals surface area contributed by atoms with Gasteiger partial charge < -0.3 is 9.67 Å². The van der Waals surface area contributed by atoms with Crippen LogP contribution in [-0.2, 0) is 11.2 Å². The van der Waals surface area contributed by atoms with Crippen LogP contribution in [0, 0.1) is 13.8 Å². The number of aryl methyl sites for hydroxylation is 1. The third-order valence-electron chi connectivity index (χ3n) is 4.45. The Morgan fingerprint density at radius 1 is 1.07 bits per heavy atom. The number of para-hydroxylation sites is 1. The van der Waals surface area contributed by atoms with E-state index in [1.54, 1.807) is 30.5 Å². The van der Waals surface area contributed by atoms with Crippen LogP contribution in [0.2, 0.25) is 0 Å². The van der Waals surface area contributed by atoms with Crippen LogP contribution in [0.25, 0.3) is 5.69 Å². The first-order valence-electron chi connectivity index (χ1n) is 8.85. The van der Waals surface area contributed by atoms with Gasteiger partial charge in [-0.1, -0.05) is 42.5 Å². The highest BCUT2D eigenvalue weighted by Gasteiger charge is 2.15. The fraction of sp³-hybridized carbons (Fsp3) is 0.136. The molecule has 0 unspecified atom stereocenters. The first-order chi connectivity index (χ1) is 13.5. The minimum atomic E-state index is -0.980. The van der Waals surface area contributed by atoms with Crippen LogP contribution < -0.4 is 5.43 Å². The molecule has 142 valence electrons. The molecule has 0 saturated heterocycles. The Kier molecular flexibility index (Phi) is 5.69. The molecule has 0 bridgehead atoms. The second-order valence-corrected chi connectivity index (χ2v) is 6.44. The second kappa shape index (κ2) is 8.35. The summed E-state index contributed by atoms with van der Waals surface area (Å²) in [6.45, 7) is 3.79. The fourth-order valence-electron chi connectivity index (χ4n) is 3.13. The van der Waals surface area contributed by atoms with E-state index in [1.807, 2.05) is 54.8 Å². The summed E-state index contributed by atoms with van der Waals surface area (Å²) in [5, 5.41) is 13.5. The van der Waals surface area contributed by atoms with Crippen LogP contribution in [0.15, 0.2) is 65.8 Å². The van der Waals surface area contributed by atoms with Crippen molar-refractivity contribution in [3.05, 3.63) is 88.7 Å².